The van der Waals surface area contributed by atoms with Gasteiger partial charge in [-0.3, -0.25) is 0 Å². The monoisotopic (exact) mass is 272 g/mol. The Labute approximate surface area is 107 Å². The molecule has 0 bridgehead atoms. The average Bonchev–Trinajstić information content (AvgIpc) is 2.15. The highest BCUT2D eigenvalue weighted by molar-refractivity contribution is 7.99. The molecule has 0 aromatic heterocycles. The van der Waals surface area contributed by atoms with Gasteiger partial charge in [0.25, 0.3) is 0 Å². The summed E-state index contributed by atoms with van der Waals surface area (Å²) in [5.74, 6) is 0. The summed E-state index contributed by atoms with van der Waals surface area (Å²) in [6.07, 6.45) is -2.18. The molecule has 0 radical (unpaired) electrons. The van der Waals surface area contributed by atoms with Gasteiger partial charge in [-0.05, 0) is 6.42 Å². The SMILES string of the molecule is CCC(O)OCCC(O)OC(O)CC(S)S. The summed E-state index contributed by atoms with van der Waals surface area (Å²) in [4.78, 5) is 0. The number of aliphatic hydroxyl groups is 3. The predicted octanol–water partition coefficient (Wildman–Crippen LogP) is 0.351. The van der Waals surface area contributed by atoms with E-state index in [0.29, 0.717) is 6.42 Å². The first-order chi connectivity index (χ1) is 7.45. The van der Waals surface area contributed by atoms with Gasteiger partial charge < -0.3 is 24.8 Å². The van der Waals surface area contributed by atoms with Crippen LogP contribution >= 0.6 is 25.3 Å². The zero-order valence-electron chi connectivity index (χ0n) is 9.19. The summed E-state index contributed by atoms with van der Waals surface area (Å²) in [6.45, 7) is 1.94. The first-order valence-corrected chi connectivity index (χ1v) is 6.16. The molecule has 98 valence electrons. The van der Waals surface area contributed by atoms with E-state index in [1.54, 1.807) is 6.92 Å². The van der Waals surface area contributed by atoms with E-state index in [2.05, 4.69) is 25.3 Å². The van der Waals surface area contributed by atoms with Gasteiger partial charge in [0.1, 0.15) is 0 Å². The van der Waals surface area contributed by atoms with Crippen molar-refractivity contribution in [1.29, 1.82) is 0 Å². The Bertz CT molecular complexity index is 170. The van der Waals surface area contributed by atoms with Crippen molar-refractivity contribution >= 4 is 25.3 Å². The highest BCUT2D eigenvalue weighted by Crippen LogP contribution is 2.11. The lowest BCUT2D eigenvalue weighted by Crippen LogP contribution is -2.25. The minimum atomic E-state index is -1.13. The van der Waals surface area contributed by atoms with Crippen molar-refractivity contribution in [3.05, 3.63) is 0 Å². The molecule has 0 rings (SSSR count). The number of hydrogen-bond acceptors (Lipinski definition) is 7. The van der Waals surface area contributed by atoms with Gasteiger partial charge in [-0.2, -0.15) is 25.3 Å². The molecular weight excluding hydrogens is 252 g/mol. The fraction of sp³-hybridized carbons (Fsp3) is 1.00. The van der Waals surface area contributed by atoms with Crippen LogP contribution in [-0.2, 0) is 9.47 Å². The molecule has 3 atom stereocenters. The van der Waals surface area contributed by atoms with Crippen LogP contribution in [0.25, 0.3) is 0 Å². The van der Waals surface area contributed by atoms with Crippen molar-refractivity contribution in [3.63, 3.8) is 0 Å². The fourth-order valence-electron chi connectivity index (χ4n) is 0.908. The molecule has 3 N–H and O–H groups in total. The molecule has 5 nitrogen and oxygen atoms in total. The lowest BCUT2D eigenvalue weighted by Gasteiger charge is -2.18. The van der Waals surface area contributed by atoms with Crippen LogP contribution in [0.15, 0.2) is 0 Å². The maximum atomic E-state index is 9.32. The second-order valence-electron chi connectivity index (χ2n) is 3.28. The first kappa shape index (κ1) is 16.5. The topological polar surface area (TPSA) is 79.2 Å². The number of thiol groups is 2. The Kier molecular flexibility index (Phi) is 9.82. The van der Waals surface area contributed by atoms with Crippen LogP contribution in [0.2, 0.25) is 0 Å². The summed E-state index contributed by atoms with van der Waals surface area (Å²) < 4.78 is 9.45. The van der Waals surface area contributed by atoms with Gasteiger partial charge in [0.05, 0.1) is 6.61 Å². The third-order valence-electron chi connectivity index (χ3n) is 1.75. The molecular formula is C9H20O5S2. The van der Waals surface area contributed by atoms with E-state index in [1.807, 2.05) is 0 Å². The van der Waals surface area contributed by atoms with E-state index >= 15 is 0 Å². The standard InChI is InChI=1S/C9H20O5S2/c1-2-6(10)13-4-3-7(11)14-8(12)5-9(15)16/h6-12,15-16H,2-5H2,1H3. The number of rotatable bonds is 9. The average molecular weight is 272 g/mol. The lowest BCUT2D eigenvalue weighted by molar-refractivity contribution is -0.218. The number of aliphatic hydroxyl groups excluding tert-OH is 3. The molecule has 0 heterocycles. The molecule has 0 saturated carbocycles. The van der Waals surface area contributed by atoms with Crippen molar-refractivity contribution in [3.8, 4) is 0 Å². The second kappa shape index (κ2) is 9.52. The molecule has 7 heteroatoms. The van der Waals surface area contributed by atoms with Gasteiger partial charge >= 0.3 is 0 Å². The van der Waals surface area contributed by atoms with Gasteiger partial charge in [-0.25, -0.2) is 0 Å². The van der Waals surface area contributed by atoms with Gasteiger partial charge in [-0.1, -0.05) is 6.92 Å². The summed E-state index contributed by atoms with van der Waals surface area (Å²) >= 11 is 7.91. The van der Waals surface area contributed by atoms with Crippen LogP contribution in [0, 0.1) is 0 Å². The highest BCUT2D eigenvalue weighted by atomic mass is 32.2. The van der Waals surface area contributed by atoms with Crippen molar-refractivity contribution in [2.75, 3.05) is 6.61 Å². The Morgan fingerprint density at radius 2 is 1.69 bits per heavy atom. The molecule has 16 heavy (non-hydrogen) atoms. The largest absolute Gasteiger partial charge is 0.368 e. The molecule has 0 aliphatic rings. The molecule has 3 unspecified atom stereocenters. The van der Waals surface area contributed by atoms with Gasteiger partial charge in [0, 0.05) is 17.4 Å². The summed E-state index contributed by atoms with van der Waals surface area (Å²) in [5.41, 5.74) is 0. The van der Waals surface area contributed by atoms with Crippen LogP contribution < -0.4 is 0 Å². The summed E-state index contributed by atoms with van der Waals surface area (Å²) in [5, 5.41) is 27.7. The Morgan fingerprint density at radius 3 is 2.19 bits per heavy atom. The van der Waals surface area contributed by atoms with Crippen LogP contribution in [0.3, 0.4) is 0 Å². The van der Waals surface area contributed by atoms with Crippen LogP contribution in [-0.4, -0.2) is 45.4 Å². The van der Waals surface area contributed by atoms with Gasteiger partial charge in [-0.15, -0.1) is 0 Å². The molecule has 0 aromatic carbocycles. The molecule has 0 aromatic rings. The molecule has 0 aliphatic carbocycles. The molecule has 0 spiro atoms. The van der Waals surface area contributed by atoms with Crippen molar-refractivity contribution in [2.45, 2.75) is 49.6 Å². The maximum Gasteiger partial charge on any atom is 0.159 e. The van der Waals surface area contributed by atoms with Crippen molar-refractivity contribution in [2.24, 2.45) is 0 Å². The highest BCUT2D eigenvalue weighted by Gasteiger charge is 2.14. The summed E-state index contributed by atoms with van der Waals surface area (Å²) in [7, 11) is 0. The van der Waals surface area contributed by atoms with Crippen LogP contribution in [0.1, 0.15) is 26.2 Å². The van der Waals surface area contributed by atoms with E-state index in [9.17, 15) is 10.2 Å². The first-order valence-electron chi connectivity index (χ1n) is 5.13. The van der Waals surface area contributed by atoms with E-state index in [-0.39, 0.29) is 24.0 Å². The Hall–Kier alpha value is 0.500. The number of hydrogen-bond donors (Lipinski definition) is 5. The van der Waals surface area contributed by atoms with E-state index in [0.717, 1.165) is 0 Å². The van der Waals surface area contributed by atoms with E-state index < -0.39 is 18.9 Å². The third kappa shape index (κ3) is 9.71. The second-order valence-corrected chi connectivity index (χ2v) is 4.94. The smallest absolute Gasteiger partial charge is 0.159 e. The number of ether oxygens (including phenoxy) is 2. The molecule has 0 saturated heterocycles. The van der Waals surface area contributed by atoms with E-state index in [4.69, 9.17) is 14.6 Å². The van der Waals surface area contributed by atoms with Crippen molar-refractivity contribution < 1.29 is 24.8 Å². The Morgan fingerprint density at radius 1 is 1.06 bits per heavy atom. The van der Waals surface area contributed by atoms with Crippen LogP contribution in [0.5, 0.6) is 0 Å². The molecule has 0 fully saturated rings. The zero-order valence-corrected chi connectivity index (χ0v) is 11.0. The Balaban J connectivity index is 3.53. The third-order valence-corrected chi connectivity index (χ3v) is 2.17. The fourth-order valence-corrected chi connectivity index (χ4v) is 1.27. The lowest BCUT2D eigenvalue weighted by atomic mass is 10.4. The molecule has 0 aliphatic heterocycles. The maximum absolute atomic E-state index is 9.32. The van der Waals surface area contributed by atoms with Crippen LogP contribution in [0.4, 0.5) is 0 Å². The molecule has 0 amide bonds. The minimum Gasteiger partial charge on any atom is -0.368 e. The van der Waals surface area contributed by atoms with Crippen molar-refractivity contribution in [1.82, 2.24) is 0 Å². The minimum absolute atomic E-state index is 0.161. The summed E-state index contributed by atoms with van der Waals surface area (Å²) in [6, 6.07) is 0. The van der Waals surface area contributed by atoms with Gasteiger partial charge in [0.2, 0.25) is 0 Å². The van der Waals surface area contributed by atoms with Gasteiger partial charge in [0.15, 0.2) is 18.9 Å². The zero-order chi connectivity index (χ0) is 12.6. The normalized spacial score (nSPS) is 17.4. The predicted molar refractivity (Wildman–Crippen MR) is 66.3 cm³/mol. The van der Waals surface area contributed by atoms with E-state index in [1.165, 1.54) is 0 Å². The quantitative estimate of drug-likeness (QED) is 0.309.